The molecule has 1 aliphatic heterocycles. The number of nitrogens with two attached hydrogens (primary N) is 1. The monoisotopic (exact) mass is 1040 g/mol. The van der Waals surface area contributed by atoms with E-state index in [1.165, 1.54) is 54.8 Å². The number of phenolic OH excluding ortho intramolecular Hbond substituents is 1. The number of benzene rings is 1. The maximum atomic E-state index is 14.0. The molecule has 72 heavy (non-hydrogen) atoms. The van der Waals surface area contributed by atoms with Gasteiger partial charge in [0.2, 0.25) is 53.2 Å². The lowest BCUT2D eigenvalue weighted by atomic mass is 9.99. The van der Waals surface area contributed by atoms with Crippen LogP contribution in [0.25, 0.3) is 0 Å². The second-order valence-electron chi connectivity index (χ2n) is 18.4. The van der Waals surface area contributed by atoms with Gasteiger partial charge in [-0.05, 0) is 88.0 Å². The molecule has 1 heterocycles. The number of phenols is 1. The van der Waals surface area contributed by atoms with Crippen molar-refractivity contribution in [3.05, 3.63) is 29.8 Å². The number of nitrogens with zero attached hydrogens (tertiary/aromatic N) is 1. The number of aliphatic carboxylic acids is 2. The number of amides is 9. The standard InChI is InChI=1S/C46H72N10O15S/c1-22(2)18-30(52-39(63)29(15-17-72-8)50-43(67)34-10-9-16-56(34)45(69)33(21-57)54-37(61)24(5)47)42(66)55-36(23(3)4)44(68)48-25(6)38(62)51-31(19-27-11-13-28(58)14-12-27)41(65)53-32(20-35(59)60)40(64)49-26(7)46(70)71/h11-14,22-26,29-34,36,57-58H,9-10,15-21,47H2,1-8H3,(H,48,68)(H,49,64)(H,50,67)(H,51,62)(H,52,63)(H,53,65)(H,54,61)(H,55,66)(H,59,60)(H,70,71). The van der Waals surface area contributed by atoms with Crippen molar-refractivity contribution in [2.45, 2.75) is 147 Å². The molecule has 1 aromatic rings. The number of aromatic hydroxyl groups is 1. The zero-order chi connectivity index (χ0) is 54.6. The number of carboxylic acids is 2. The largest absolute Gasteiger partial charge is 0.508 e. The number of thioether (sulfide) groups is 1. The molecule has 0 radical (unpaired) electrons. The van der Waals surface area contributed by atoms with Crippen LogP contribution in [0, 0.1) is 11.8 Å². The van der Waals surface area contributed by atoms with Crippen LogP contribution in [0.5, 0.6) is 5.75 Å². The summed E-state index contributed by atoms with van der Waals surface area (Å²) in [6.07, 6.45) is 1.44. The SMILES string of the molecule is CSCCC(NC(=O)C1CCCN1C(=O)C(CO)NC(=O)C(C)N)C(=O)NC(CC(C)C)C(=O)NC(C(=O)NC(C)C(=O)NC(Cc1ccc(O)cc1)C(=O)NC(CC(=O)O)C(=O)NC(C)C(=O)O)C(C)C. The van der Waals surface area contributed by atoms with Gasteiger partial charge in [-0.1, -0.05) is 39.8 Å². The van der Waals surface area contributed by atoms with Crippen molar-refractivity contribution in [2.24, 2.45) is 17.6 Å². The lowest BCUT2D eigenvalue weighted by Crippen LogP contribution is -2.61. The van der Waals surface area contributed by atoms with Gasteiger partial charge in [0, 0.05) is 13.0 Å². The van der Waals surface area contributed by atoms with Crippen LogP contribution < -0.4 is 48.3 Å². The predicted octanol–water partition coefficient (Wildman–Crippen LogP) is -2.80. The minimum atomic E-state index is -1.78. The molecule has 25 nitrogen and oxygen atoms in total. The normalized spacial score (nSPS) is 17.1. The van der Waals surface area contributed by atoms with E-state index in [0.29, 0.717) is 17.7 Å². The van der Waals surface area contributed by atoms with E-state index in [1.807, 2.05) is 0 Å². The quantitative estimate of drug-likeness (QED) is 0.0385. The first-order valence-corrected chi connectivity index (χ1v) is 24.9. The molecule has 0 spiro atoms. The van der Waals surface area contributed by atoms with Gasteiger partial charge >= 0.3 is 11.9 Å². The zero-order valence-corrected chi connectivity index (χ0v) is 42.6. The van der Waals surface area contributed by atoms with Crippen LogP contribution in [0.3, 0.4) is 0 Å². The smallest absolute Gasteiger partial charge is 0.325 e. The fraction of sp³-hybridized carbons (Fsp3) is 0.630. The van der Waals surface area contributed by atoms with E-state index in [1.54, 1.807) is 34.0 Å². The summed E-state index contributed by atoms with van der Waals surface area (Å²) < 4.78 is 0. The summed E-state index contributed by atoms with van der Waals surface area (Å²) in [6, 6.07) is -7.72. The summed E-state index contributed by atoms with van der Waals surface area (Å²) in [4.78, 5) is 146. The molecule has 1 saturated heterocycles. The summed E-state index contributed by atoms with van der Waals surface area (Å²) in [5.41, 5.74) is 6.01. The molecule has 2 rings (SSSR count). The first-order chi connectivity index (χ1) is 33.7. The van der Waals surface area contributed by atoms with Gasteiger partial charge in [0.25, 0.3) is 0 Å². The van der Waals surface area contributed by atoms with Gasteiger partial charge in [-0.25, -0.2) is 0 Å². The van der Waals surface area contributed by atoms with E-state index in [4.69, 9.17) is 5.73 Å². The molecule has 0 saturated carbocycles. The van der Waals surface area contributed by atoms with Crippen LogP contribution in [-0.2, 0) is 59.2 Å². The topological polar surface area (TPSA) is 394 Å². The molecular weight excluding hydrogens is 965 g/mol. The molecule has 1 aliphatic rings. The minimum Gasteiger partial charge on any atom is -0.508 e. The van der Waals surface area contributed by atoms with E-state index >= 15 is 0 Å². The summed E-state index contributed by atoms with van der Waals surface area (Å²) in [5.74, 6) is -10.9. The van der Waals surface area contributed by atoms with Gasteiger partial charge in [0.15, 0.2) is 0 Å². The number of carbonyl (C=O) groups is 11. The number of hydrogen-bond donors (Lipinski definition) is 13. The number of nitrogens with one attached hydrogen (secondary N) is 8. The van der Waals surface area contributed by atoms with Crippen molar-refractivity contribution >= 4 is 76.9 Å². The summed E-state index contributed by atoms with van der Waals surface area (Å²) in [5, 5.41) is 58.1. The Morgan fingerprint density at radius 2 is 1.21 bits per heavy atom. The highest BCUT2D eigenvalue weighted by atomic mass is 32.2. The Kier molecular flexibility index (Phi) is 25.4. The van der Waals surface area contributed by atoms with Crippen molar-refractivity contribution in [1.82, 2.24) is 47.4 Å². The highest BCUT2D eigenvalue weighted by Gasteiger charge is 2.40. The lowest BCUT2D eigenvalue weighted by Gasteiger charge is -2.30. The van der Waals surface area contributed by atoms with E-state index < -0.39 is 144 Å². The number of likely N-dealkylation sites (tertiary alicyclic amines) is 1. The molecule has 10 atom stereocenters. The Morgan fingerprint density at radius 3 is 1.75 bits per heavy atom. The predicted molar refractivity (Wildman–Crippen MR) is 261 cm³/mol. The molecule has 9 amide bonds. The van der Waals surface area contributed by atoms with Crippen molar-refractivity contribution < 1.29 is 73.2 Å². The first-order valence-electron chi connectivity index (χ1n) is 23.5. The van der Waals surface area contributed by atoms with Crippen LogP contribution in [0.1, 0.15) is 86.1 Å². The maximum Gasteiger partial charge on any atom is 0.325 e. The number of hydrogen-bond acceptors (Lipinski definition) is 15. The molecule has 402 valence electrons. The summed E-state index contributed by atoms with van der Waals surface area (Å²) in [7, 11) is 0. The molecule has 10 unspecified atom stereocenters. The van der Waals surface area contributed by atoms with Crippen molar-refractivity contribution in [1.29, 1.82) is 0 Å². The summed E-state index contributed by atoms with van der Waals surface area (Å²) >= 11 is 1.39. The van der Waals surface area contributed by atoms with E-state index in [9.17, 15) is 73.2 Å². The average Bonchev–Trinajstić information content (AvgIpc) is 3.80. The molecule has 14 N–H and O–H groups in total. The Balaban J connectivity index is 2.29. The lowest BCUT2D eigenvalue weighted by molar-refractivity contribution is -0.143. The Morgan fingerprint density at radius 1 is 0.667 bits per heavy atom. The minimum absolute atomic E-state index is 0.0879. The Labute approximate surface area is 422 Å². The molecular formula is C46H72N10O15S. The van der Waals surface area contributed by atoms with Gasteiger partial charge in [0.05, 0.1) is 19.1 Å². The Hall–Kier alpha value is -6.54. The zero-order valence-electron chi connectivity index (χ0n) is 41.8. The third kappa shape index (κ3) is 19.9. The Bertz CT molecular complexity index is 2090. The van der Waals surface area contributed by atoms with E-state index in [-0.39, 0.29) is 43.9 Å². The molecule has 1 fully saturated rings. The van der Waals surface area contributed by atoms with Gasteiger partial charge in [-0.15, -0.1) is 0 Å². The number of rotatable bonds is 29. The summed E-state index contributed by atoms with van der Waals surface area (Å²) in [6.45, 7) is 10.0. The number of aliphatic hydroxyl groups excluding tert-OH is 1. The van der Waals surface area contributed by atoms with Gasteiger partial charge in [0.1, 0.15) is 60.1 Å². The van der Waals surface area contributed by atoms with Crippen LogP contribution in [0.15, 0.2) is 24.3 Å². The highest BCUT2D eigenvalue weighted by molar-refractivity contribution is 7.98. The van der Waals surface area contributed by atoms with Crippen LogP contribution in [0.2, 0.25) is 0 Å². The second-order valence-corrected chi connectivity index (χ2v) is 19.4. The maximum absolute atomic E-state index is 14.0. The number of carbonyl (C=O) groups excluding carboxylic acids is 9. The van der Waals surface area contributed by atoms with Gasteiger partial charge in [-0.3, -0.25) is 52.7 Å². The van der Waals surface area contributed by atoms with Crippen molar-refractivity contribution in [3.63, 3.8) is 0 Å². The van der Waals surface area contributed by atoms with Crippen LogP contribution >= 0.6 is 11.8 Å². The average molecular weight is 1040 g/mol. The fourth-order valence-corrected chi connectivity index (χ4v) is 7.77. The van der Waals surface area contributed by atoms with Crippen molar-refractivity contribution in [3.8, 4) is 5.75 Å². The molecule has 0 bridgehead atoms. The molecule has 1 aromatic carbocycles. The first kappa shape index (κ1) is 61.6. The van der Waals surface area contributed by atoms with Crippen LogP contribution in [0.4, 0.5) is 0 Å². The second kappa shape index (κ2) is 29.7. The molecule has 26 heteroatoms. The third-order valence-corrected chi connectivity index (χ3v) is 12.0. The molecule has 0 aromatic heterocycles. The van der Waals surface area contributed by atoms with Crippen LogP contribution in [-0.4, -0.2) is 176 Å². The van der Waals surface area contributed by atoms with E-state index in [2.05, 4.69) is 42.5 Å². The molecule has 0 aliphatic carbocycles. The number of aliphatic hydroxyl groups is 1. The van der Waals surface area contributed by atoms with Gasteiger partial charge < -0.3 is 73.6 Å². The third-order valence-electron chi connectivity index (χ3n) is 11.4. The highest BCUT2D eigenvalue weighted by Crippen LogP contribution is 2.20. The fourth-order valence-electron chi connectivity index (χ4n) is 7.30. The van der Waals surface area contributed by atoms with E-state index in [0.717, 1.165) is 6.92 Å². The van der Waals surface area contributed by atoms with Gasteiger partial charge in [-0.2, -0.15) is 11.8 Å². The number of carboxylic acid groups (broad SMARTS) is 2. The van der Waals surface area contributed by atoms with Crippen molar-refractivity contribution in [2.75, 3.05) is 25.2 Å².